The number of rotatable bonds is 4. The molecule has 158 valence electrons. The molecule has 4 heterocycles. The largest absolute Gasteiger partial charge is 0.497 e. The van der Waals surface area contributed by atoms with E-state index in [1.165, 1.54) is 4.90 Å². The van der Waals surface area contributed by atoms with Crippen molar-refractivity contribution in [2.24, 2.45) is 0 Å². The molecule has 5 rings (SSSR count). The van der Waals surface area contributed by atoms with Gasteiger partial charge in [-0.15, -0.1) is 5.10 Å². The van der Waals surface area contributed by atoms with Crippen LogP contribution < -0.4 is 19.9 Å². The van der Waals surface area contributed by atoms with E-state index < -0.39 is 0 Å². The maximum absolute atomic E-state index is 12.1. The summed E-state index contributed by atoms with van der Waals surface area (Å²) in [5.74, 6) is 2.38. The van der Waals surface area contributed by atoms with Gasteiger partial charge in [0.05, 0.1) is 12.8 Å². The molecule has 1 N–H and O–H groups in total. The molecule has 2 amide bonds. The lowest BCUT2D eigenvalue weighted by atomic mass is 10.1. The average Bonchev–Trinajstić information content (AvgIpc) is 3.41. The summed E-state index contributed by atoms with van der Waals surface area (Å²) in [4.78, 5) is 20.8. The van der Waals surface area contributed by atoms with Gasteiger partial charge in [0.2, 0.25) is 0 Å². The van der Waals surface area contributed by atoms with Crippen LogP contribution in [0.2, 0.25) is 0 Å². The predicted octanol–water partition coefficient (Wildman–Crippen LogP) is 3.63. The van der Waals surface area contributed by atoms with Crippen molar-refractivity contribution in [3.63, 3.8) is 0 Å². The third kappa shape index (κ3) is 3.30. The minimum absolute atomic E-state index is 0.176. The molecule has 0 atom stereocenters. The highest BCUT2D eigenvalue weighted by Gasteiger charge is 2.28. The number of pyridine rings is 1. The average molecular weight is 416 g/mol. The van der Waals surface area contributed by atoms with Gasteiger partial charge < -0.3 is 15.0 Å². The number of benzene rings is 1. The maximum Gasteiger partial charge on any atom is 0.327 e. The highest BCUT2D eigenvalue weighted by Crippen LogP contribution is 2.38. The number of aryl methyl sites for hydroxylation is 2. The van der Waals surface area contributed by atoms with E-state index in [2.05, 4.69) is 28.3 Å². The summed E-state index contributed by atoms with van der Waals surface area (Å²) in [6, 6.07) is 9.82. The number of carbonyl (C=O) groups excluding carboxylic acids is 1. The fourth-order valence-corrected chi connectivity index (χ4v) is 4.17. The van der Waals surface area contributed by atoms with E-state index in [1.54, 1.807) is 13.3 Å². The molecule has 2 aliphatic rings. The number of carbonyl (C=O) groups is 1. The molecule has 0 saturated carbocycles. The number of amides is 2. The van der Waals surface area contributed by atoms with Gasteiger partial charge in [0, 0.05) is 48.5 Å². The number of hydrogen-bond donors (Lipinski definition) is 1. The number of ether oxygens (including phenoxy) is 1. The van der Waals surface area contributed by atoms with Crippen LogP contribution in [0.1, 0.15) is 16.8 Å². The summed E-state index contributed by atoms with van der Waals surface area (Å²) < 4.78 is 7.19. The minimum Gasteiger partial charge on any atom is -0.497 e. The molecule has 8 nitrogen and oxygen atoms in total. The minimum atomic E-state index is -0.176. The number of nitrogens with zero attached hydrogens (tertiary/aromatic N) is 5. The number of hydrogen-bond acceptors (Lipinski definition) is 5. The molecular weight excluding hydrogens is 392 g/mol. The van der Waals surface area contributed by atoms with Gasteiger partial charge in [0.1, 0.15) is 11.6 Å². The molecule has 0 saturated heterocycles. The van der Waals surface area contributed by atoms with Crippen molar-refractivity contribution in [3.05, 3.63) is 65.6 Å². The molecule has 0 radical (unpaired) electrons. The van der Waals surface area contributed by atoms with Gasteiger partial charge in [-0.2, -0.15) is 0 Å². The first kappa shape index (κ1) is 19.2. The standard InChI is InChI=1S/C23H24N6O2/c1-15-13-17(31-3)5-6-19(15)27-11-7-18-20(14-16(2)25-22(18)27)29-12-8-21(26-29)28-10-4-9-24-23(28)30/h4-6,8,10,12-14H,7,9,11H2,1-3H3,(H,24,30). The van der Waals surface area contributed by atoms with Crippen molar-refractivity contribution >= 4 is 23.4 Å². The smallest absolute Gasteiger partial charge is 0.327 e. The van der Waals surface area contributed by atoms with E-state index in [1.807, 2.05) is 48.1 Å². The second-order valence-electron chi connectivity index (χ2n) is 7.70. The number of urea groups is 1. The molecule has 0 bridgehead atoms. The van der Waals surface area contributed by atoms with Crippen LogP contribution in [0.4, 0.5) is 22.1 Å². The normalized spacial score (nSPS) is 15.3. The van der Waals surface area contributed by atoms with E-state index in [-0.39, 0.29) is 6.03 Å². The summed E-state index contributed by atoms with van der Waals surface area (Å²) in [5, 5.41) is 7.47. The summed E-state index contributed by atoms with van der Waals surface area (Å²) >= 11 is 0. The third-order valence-corrected chi connectivity index (χ3v) is 5.66. The van der Waals surface area contributed by atoms with Crippen LogP contribution in [0, 0.1) is 13.8 Å². The van der Waals surface area contributed by atoms with Crippen molar-refractivity contribution in [1.29, 1.82) is 0 Å². The highest BCUT2D eigenvalue weighted by molar-refractivity contribution is 5.93. The van der Waals surface area contributed by atoms with Crippen LogP contribution in [-0.2, 0) is 6.42 Å². The molecule has 0 unspecified atom stereocenters. The van der Waals surface area contributed by atoms with Gasteiger partial charge in [-0.1, -0.05) is 0 Å². The maximum atomic E-state index is 12.1. The topological polar surface area (TPSA) is 75.5 Å². The second kappa shape index (κ2) is 7.46. The highest BCUT2D eigenvalue weighted by atomic mass is 16.5. The van der Waals surface area contributed by atoms with E-state index in [4.69, 9.17) is 9.72 Å². The van der Waals surface area contributed by atoms with Gasteiger partial charge >= 0.3 is 6.03 Å². The van der Waals surface area contributed by atoms with Crippen molar-refractivity contribution in [2.45, 2.75) is 20.3 Å². The number of aromatic nitrogens is 3. The van der Waals surface area contributed by atoms with Crippen molar-refractivity contribution < 1.29 is 9.53 Å². The molecular formula is C23H24N6O2. The van der Waals surface area contributed by atoms with Gasteiger partial charge in [0.25, 0.3) is 0 Å². The molecule has 0 aliphatic carbocycles. The molecule has 31 heavy (non-hydrogen) atoms. The summed E-state index contributed by atoms with van der Waals surface area (Å²) in [6.07, 6.45) is 6.40. The van der Waals surface area contributed by atoms with Crippen LogP contribution in [0.3, 0.4) is 0 Å². The first-order valence-electron chi connectivity index (χ1n) is 10.3. The molecule has 8 heteroatoms. The fourth-order valence-electron chi connectivity index (χ4n) is 4.17. The van der Waals surface area contributed by atoms with Crippen LogP contribution in [0.5, 0.6) is 5.75 Å². The van der Waals surface area contributed by atoms with Crippen molar-refractivity contribution in [1.82, 2.24) is 20.1 Å². The van der Waals surface area contributed by atoms with Crippen LogP contribution in [0.15, 0.2) is 48.8 Å². The van der Waals surface area contributed by atoms with Gasteiger partial charge in [-0.25, -0.2) is 14.5 Å². The lowest BCUT2D eigenvalue weighted by molar-refractivity contribution is 0.248. The van der Waals surface area contributed by atoms with Gasteiger partial charge in [-0.05, 0) is 56.2 Å². The quantitative estimate of drug-likeness (QED) is 0.703. The molecule has 2 aliphatic heterocycles. The summed E-state index contributed by atoms with van der Waals surface area (Å²) in [7, 11) is 1.68. The molecule has 0 spiro atoms. The zero-order valence-electron chi connectivity index (χ0n) is 17.8. The molecule has 0 fully saturated rings. The number of anilines is 3. The van der Waals surface area contributed by atoms with E-state index >= 15 is 0 Å². The van der Waals surface area contributed by atoms with Crippen LogP contribution >= 0.6 is 0 Å². The van der Waals surface area contributed by atoms with Crippen LogP contribution in [0.25, 0.3) is 5.69 Å². The third-order valence-electron chi connectivity index (χ3n) is 5.66. The molecule has 3 aromatic rings. The second-order valence-corrected chi connectivity index (χ2v) is 7.70. The molecule has 1 aromatic carbocycles. The first-order valence-corrected chi connectivity index (χ1v) is 10.3. The summed E-state index contributed by atoms with van der Waals surface area (Å²) in [5.41, 5.74) is 5.32. The summed E-state index contributed by atoms with van der Waals surface area (Å²) in [6.45, 7) is 5.46. The van der Waals surface area contributed by atoms with E-state index in [0.717, 1.165) is 52.7 Å². The van der Waals surface area contributed by atoms with Crippen molar-refractivity contribution in [3.8, 4) is 11.4 Å². The lowest BCUT2D eigenvalue weighted by Crippen LogP contribution is -2.40. The Morgan fingerprint density at radius 1 is 1.13 bits per heavy atom. The fraction of sp³-hybridized carbons (Fsp3) is 0.261. The Kier molecular flexibility index (Phi) is 4.62. The monoisotopic (exact) mass is 416 g/mol. The van der Waals surface area contributed by atoms with Gasteiger partial charge in [0.15, 0.2) is 5.82 Å². The zero-order chi connectivity index (χ0) is 21.5. The Morgan fingerprint density at radius 3 is 2.77 bits per heavy atom. The Balaban J connectivity index is 1.54. The molecule has 2 aromatic heterocycles. The Hall–Kier alpha value is -3.81. The van der Waals surface area contributed by atoms with Gasteiger partial charge in [-0.3, -0.25) is 4.90 Å². The SMILES string of the molecule is COc1ccc(N2CCc3c(-n4ccc(N5C=CCNC5=O)n4)cc(C)nc32)c(C)c1. The van der Waals surface area contributed by atoms with Crippen LogP contribution in [-0.4, -0.2) is 41.0 Å². The number of nitrogens with one attached hydrogen (secondary N) is 1. The lowest BCUT2D eigenvalue weighted by Gasteiger charge is -2.22. The predicted molar refractivity (Wildman–Crippen MR) is 120 cm³/mol. The zero-order valence-corrected chi connectivity index (χ0v) is 17.8. The Labute approximate surface area is 180 Å². The Bertz CT molecular complexity index is 1200. The number of fused-ring (bicyclic) bond motifs is 1. The van der Waals surface area contributed by atoms with E-state index in [0.29, 0.717) is 12.4 Å². The number of methoxy groups -OCH3 is 1. The van der Waals surface area contributed by atoms with E-state index in [9.17, 15) is 4.79 Å². The first-order chi connectivity index (χ1) is 15.0. The van der Waals surface area contributed by atoms with Crippen molar-refractivity contribution in [2.75, 3.05) is 30.0 Å². The Morgan fingerprint density at radius 2 is 2.00 bits per heavy atom.